The van der Waals surface area contributed by atoms with E-state index < -0.39 is 34.6 Å². The maximum atomic E-state index is 12.3. The van der Waals surface area contributed by atoms with Gasteiger partial charge in [0.2, 0.25) is 10.0 Å². The summed E-state index contributed by atoms with van der Waals surface area (Å²) in [5, 5.41) is 29.7. The summed E-state index contributed by atoms with van der Waals surface area (Å²) in [6.07, 6.45) is -1.24. The highest BCUT2D eigenvalue weighted by atomic mass is 32.2. The van der Waals surface area contributed by atoms with Crippen LogP contribution in [0.4, 0.5) is 5.82 Å². The second-order valence-corrected chi connectivity index (χ2v) is 10.2. The van der Waals surface area contributed by atoms with Gasteiger partial charge in [0, 0.05) is 18.1 Å². The summed E-state index contributed by atoms with van der Waals surface area (Å²) in [6, 6.07) is 7.56. The Morgan fingerprint density at radius 1 is 1.21 bits per heavy atom. The maximum Gasteiger partial charge on any atom is 0.240 e. The number of nitriles is 1. The molecule has 0 radical (unpaired) electrons. The molecular weight excluding hydrogens is 470 g/mol. The third kappa shape index (κ3) is 4.78. The monoisotopic (exact) mass is 491 g/mol. The predicted octanol–water partition coefficient (Wildman–Crippen LogP) is -0.389. The van der Waals surface area contributed by atoms with Crippen LogP contribution in [-0.2, 0) is 14.8 Å². The number of aliphatic hydroxyl groups is 2. The lowest BCUT2D eigenvalue weighted by Gasteiger charge is -2.16. The molecule has 4 rings (SSSR count). The summed E-state index contributed by atoms with van der Waals surface area (Å²) in [7, 11) is -3.69. The number of thioether (sulfide) groups is 1. The number of nitrogens with one attached hydrogen (secondary N) is 1. The molecule has 0 saturated carbocycles. The molecule has 1 aromatic carbocycles. The van der Waals surface area contributed by atoms with E-state index in [0.29, 0.717) is 28.2 Å². The van der Waals surface area contributed by atoms with Crippen molar-refractivity contribution >= 4 is 38.8 Å². The molecule has 3 aromatic rings. The minimum Gasteiger partial charge on any atom is -0.387 e. The van der Waals surface area contributed by atoms with Crippen molar-refractivity contribution in [1.29, 1.82) is 5.26 Å². The zero-order chi connectivity index (χ0) is 23.6. The minimum absolute atomic E-state index is 0.0732. The molecule has 1 saturated heterocycles. The number of hydrogen-bond acceptors (Lipinski definition) is 11. The van der Waals surface area contributed by atoms with E-state index >= 15 is 0 Å². The van der Waals surface area contributed by atoms with Crippen molar-refractivity contribution in [2.24, 2.45) is 0 Å². The van der Waals surface area contributed by atoms with E-state index in [1.54, 1.807) is 0 Å². The lowest BCUT2D eigenvalue weighted by molar-refractivity contribution is -0.0289. The highest BCUT2D eigenvalue weighted by Crippen LogP contribution is 2.33. The van der Waals surface area contributed by atoms with Crippen molar-refractivity contribution in [3.8, 4) is 6.07 Å². The smallest absolute Gasteiger partial charge is 0.240 e. The van der Waals surface area contributed by atoms with Crippen molar-refractivity contribution in [1.82, 2.24) is 24.2 Å². The molecule has 2 aromatic heterocycles. The molecule has 3 heterocycles. The zero-order valence-electron chi connectivity index (χ0n) is 17.1. The van der Waals surface area contributed by atoms with Gasteiger partial charge in [-0.1, -0.05) is 0 Å². The highest BCUT2D eigenvalue weighted by Gasteiger charge is 2.44. The van der Waals surface area contributed by atoms with Crippen molar-refractivity contribution in [2.75, 3.05) is 23.8 Å². The van der Waals surface area contributed by atoms with E-state index in [1.165, 1.54) is 53.2 Å². The molecule has 0 spiro atoms. The van der Waals surface area contributed by atoms with Crippen LogP contribution in [0.25, 0.3) is 11.2 Å². The van der Waals surface area contributed by atoms with E-state index in [0.717, 1.165) is 0 Å². The standard InChI is InChI=1S/C19H21N7O5S2/c20-7-11-1-3-12(4-2-11)33(29,30)25-5-6-32-8-13-15(27)16(28)19(31-13)26-10-24-14-17(21)22-9-23-18(14)26/h1-4,9-10,13,15-16,19,25,27-28H,5-6,8H2,(H2,21,22,23)/t13-,15-,16-,19-/m1/s1. The number of rotatable bonds is 8. The number of nitrogen functional groups attached to an aromatic ring is 1. The van der Waals surface area contributed by atoms with Crippen LogP contribution in [0.15, 0.2) is 41.8 Å². The van der Waals surface area contributed by atoms with E-state index in [1.807, 2.05) is 6.07 Å². The van der Waals surface area contributed by atoms with Crippen LogP contribution in [0.3, 0.4) is 0 Å². The van der Waals surface area contributed by atoms with Crippen LogP contribution in [0, 0.1) is 11.3 Å². The number of fused-ring (bicyclic) bond motifs is 1. The number of ether oxygens (including phenoxy) is 1. The number of anilines is 1. The average molecular weight is 492 g/mol. The molecule has 1 aliphatic heterocycles. The molecule has 5 N–H and O–H groups in total. The van der Waals surface area contributed by atoms with E-state index in [-0.39, 0.29) is 17.3 Å². The molecule has 1 aliphatic rings. The Hall–Kier alpha value is -2.80. The van der Waals surface area contributed by atoms with E-state index in [2.05, 4.69) is 19.7 Å². The van der Waals surface area contributed by atoms with Crippen LogP contribution in [0.5, 0.6) is 0 Å². The van der Waals surface area contributed by atoms with Crippen LogP contribution in [0.1, 0.15) is 11.8 Å². The van der Waals surface area contributed by atoms with Gasteiger partial charge in [0.25, 0.3) is 0 Å². The average Bonchev–Trinajstić information content (AvgIpc) is 3.36. The van der Waals surface area contributed by atoms with Gasteiger partial charge in [-0.25, -0.2) is 28.1 Å². The summed E-state index contributed by atoms with van der Waals surface area (Å²) >= 11 is 1.37. The Morgan fingerprint density at radius 2 is 1.97 bits per heavy atom. The second kappa shape index (κ2) is 9.59. The summed E-state index contributed by atoms with van der Waals surface area (Å²) in [5.74, 6) is 0.944. The Labute approximate surface area is 193 Å². The van der Waals surface area contributed by atoms with Gasteiger partial charge in [0.05, 0.1) is 29.0 Å². The van der Waals surface area contributed by atoms with Gasteiger partial charge in [-0.3, -0.25) is 4.57 Å². The number of nitrogens with two attached hydrogens (primary N) is 1. The third-order valence-corrected chi connectivity index (χ3v) is 7.65. The molecule has 4 atom stereocenters. The molecule has 12 nitrogen and oxygen atoms in total. The molecule has 33 heavy (non-hydrogen) atoms. The number of imidazole rings is 1. The first kappa shape index (κ1) is 23.4. The van der Waals surface area contributed by atoms with Crippen molar-refractivity contribution < 1.29 is 23.4 Å². The normalized spacial score (nSPS) is 23.1. The van der Waals surface area contributed by atoms with Crippen LogP contribution < -0.4 is 10.5 Å². The Kier molecular flexibility index (Phi) is 6.79. The van der Waals surface area contributed by atoms with Crippen LogP contribution >= 0.6 is 11.8 Å². The zero-order valence-corrected chi connectivity index (χ0v) is 18.8. The van der Waals surface area contributed by atoms with Gasteiger partial charge >= 0.3 is 0 Å². The fourth-order valence-corrected chi connectivity index (χ4v) is 5.47. The van der Waals surface area contributed by atoms with Crippen LogP contribution in [-0.4, -0.2) is 74.5 Å². The summed E-state index contributed by atoms with van der Waals surface area (Å²) in [5.41, 5.74) is 6.91. The molecule has 1 fully saturated rings. The summed E-state index contributed by atoms with van der Waals surface area (Å²) in [4.78, 5) is 12.2. The Balaban J connectivity index is 1.30. The SMILES string of the molecule is N#Cc1ccc(S(=O)(=O)NCCSC[C@H]2O[C@@H](n3cnc4c(N)ncnc43)[C@H](O)[C@@H]2O)cc1. The number of aromatic nitrogens is 4. The number of nitrogens with zero attached hydrogens (tertiary/aromatic N) is 5. The molecule has 14 heteroatoms. The predicted molar refractivity (Wildman–Crippen MR) is 119 cm³/mol. The largest absolute Gasteiger partial charge is 0.387 e. The summed E-state index contributed by atoms with van der Waals surface area (Å²) < 4.78 is 34.5. The van der Waals surface area contributed by atoms with E-state index in [9.17, 15) is 18.6 Å². The van der Waals surface area contributed by atoms with Gasteiger partial charge in [-0.05, 0) is 24.3 Å². The van der Waals surface area contributed by atoms with Gasteiger partial charge in [-0.2, -0.15) is 17.0 Å². The lowest BCUT2D eigenvalue weighted by atomic mass is 10.1. The second-order valence-electron chi connectivity index (χ2n) is 7.24. The molecule has 0 aliphatic carbocycles. The fraction of sp³-hybridized carbons (Fsp3) is 0.368. The topological polar surface area (TPSA) is 189 Å². The molecule has 0 amide bonds. The molecule has 0 bridgehead atoms. The number of sulfonamides is 1. The van der Waals surface area contributed by atoms with Gasteiger partial charge in [0.1, 0.15) is 24.1 Å². The minimum atomic E-state index is -3.69. The first-order chi connectivity index (χ1) is 15.8. The van der Waals surface area contributed by atoms with Crippen molar-refractivity contribution in [2.45, 2.75) is 29.4 Å². The maximum absolute atomic E-state index is 12.3. The Bertz CT molecular complexity index is 1280. The van der Waals surface area contributed by atoms with Crippen molar-refractivity contribution in [3.63, 3.8) is 0 Å². The van der Waals surface area contributed by atoms with E-state index in [4.69, 9.17) is 15.7 Å². The first-order valence-electron chi connectivity index (χ1n) is 9.84. The van der Waals surface area contributed by atoms with Gasteiger partial charge < -0.3 is 20.7 Å². The molecular formula is C19H21N7O5S2. The number of aliphatic hydroxyl groups excluding tert-OH is 2. The van der Waals surface area contributed by atoms with Gasteiger partial charge in [0.15, 0.2) is 17.7 Å². The third-order valence-electron chi connectivity index (χ3n) is 5.11. The Morgan fingerprint density at radius 3 is 2.70 bits per heavy atom. The quantitative estimate of drug-likeness (QED) is 0.300. The van der Waals surface area contributed by atoms with Gasteiger partial charge in [-0.15, -0.1) is 0 Å². The number of hydrogen-bond donors (Lipinski definition) is 4. The fourth-order valence-electron chi connectivity index (χ4n) is 3.39. The molecule has 0 unspecified atom stereocenters. The number of benzene rings is 1. The lowest BCUT2D eigenvalue weighted by Crippen LogP contribution is -2.33. The first-order valence-corrected chi connectivity index (χ1v) is 12.5. The molecule has 174 valence electrons. The highest BCUT2D eigenvalue weighted by molar-refractivity contribution is 7.99. The van der Waals surface area contributed by atoms with Crippen LogP contribution in [0.2, 0.25) is 0 Å². The summed E-state index contributed by atoms with van der Waals surface area (Å²) in [6.45, 7) is 0.157. The van der Waals surface area contributed by atoms with Crippen molar-refractivity contribution in [3.05, 3.63) is 42.5 Å².